The Morgan fingerprint density at radius 1 is 1.57 bits per heavy atom. The fraction of sp³-hybridized carbons (Fsp3) is 0.400. The van der Waals surface area contributed by atoms with Crippen LogP contribution in [-0.2, 0) is 4.79 Å². The Bertz CT molecular complexity index is 297. The van der Waals surface area contributed by atoms with Gasteiger partial charge in [-0.15, -0.1) is 0 Å². The van der Waals surface area contributed by atoms with Gasteiger partial charge in [0.25, 0.3) is 0 Å². The molecule has 0 unspecified atom stereocenters. The summed E-state index contributed by atoms with van der Waals surface area (Å²) >= 11 is 0. The molecule has 0 saturated carbocycles. The van der Waals surface area contributed by atoms with Gasteiger partial charge in [-0.05, 0) is 25.5 Å². The van der Waals surface area contributed by atoms with Crippen LogP contribution in [0.4, 0.5) is 0 Å². The first-order valence-electron chi connectivity index (χ1n) is 4.57. The van der Waals surface area contributed by atoms with Gasteiger partial charge in [0.05, 0.1) is 12.1 Å². The SMILES string of the molecule is C[C@H](N)C(=O)N[C@H](C)c1cccnc1. The van der Waals surface area contributed by atoms with Gasteiger partial charge in [0.15, 0.2) is 0 Å². The van der Waals surface area contributed by atoms with E-state index in [-0.39, 0.29) is 11.9 Å². The maximum absolute atomic E-state index is 11.3. The van der Waals surface area contributed by atoms with Gasteiger partial charge in [-0.1, -0.05) is 6.07 Å². The monoisotopic (exact) mass is 193 g/mol. The number of hydrogen-bond donors (Lipinski definition) is 2. The first-order valence-corrected chi connectivity index (χ1v) is 4.57. The lowest BCUT2D eigenvalue weighted by molar-refractivity contribution is -0.122. The van der Waals surface area contributed by atoms with Crippen molar-refractivity contribution in [3.05, 3.63) is 30.1 Å². The van der Waals surface area contributed by atoms with Crippen LogP contribution < -0.4 is 11.1 Å². The fourth-order valence-electron chi connectivity index (χ4n) is 1.06. The summed E-state index contributed by atoms with van der Waals surface area (Å²) in [5, 5.41) is 2.79. The molecular weight excluding hydrogens is 178 g/mol. The standard InChI is InChI=1S/C10H15N3O/c1-7(11)10(14)13-8(2)9-4-3-5-12-6-9/h3-8H,11H2,1-2H3,(H,13,14)/t7-,8+/m0/s1. The van der Waals surface area contributed by atoms with E-state index in [2.05, 4.69) is 10.3 Å². The molecule has 14 heavy (non-hydrogen) atoms. The molecule has 2 atom stereocenters. The second kappa shape index (κ2) is 4.72. The van der Waals surface area contributed by atoms with Crippen molar-refractivity contribution in [1.29, 1.82) is 0 Å². The van der Waals surface area contributed by atoms with Crippen LogP contribution in [0.25, 0.3) is 0 Å². The molecule has 0 aliphatic carbocycles. The molecule has 76 valence electrons. The van der Waals surface area contributed by atoms with Crippen LogP contribution in [0.15, 0.2) is 24.5 Å². The minimum Gasteiger partial charge on any atom is -0.348 e. The van der Waals surface area contributed by atoms with Gasteiger partial charge in [-0.25, -0.2) is 0 Å². The van der Waals surface area contributed by atoms with Crippen molar-refractivity contribution in [2.24, 2.45) is 5.73 Å². The van der Waals surface area contributed by atoms with Crippen molar-refractivity contribution >= 4 is 5.91 Å². The molecule has 0 spiro atoms. The summed E-state index contributed by atoms with van der Waals surface area (Å²) in [6.07, 6.45) is 3.43. The van der Waals surface area contributed by atoms with E-state index >= 15 is 0 Å². The number of nitrogens with one attached hydrogen (secondary N) is 1. The molecular formula is C10H15N3O. The third-order valence-corrected chi connectivity index (χ3v) is 1.96. The van der Waals surface area contributed by atoms with Crippen molar-refractivity contribution < 1.29 is 4.79 Å². The zero-order valence-electron chi connectivity index (χ0n) is 8.40. The Balaban J connectivity index is 2.59. The Kier molecular flexibility index (Phi) is 3.59. The average molecular weight is 193 g/mol. The lowest BCUT2D eigenvalue weighted by Gasteiger charge is -2.15. The first-order chi connectivity index (χ1) is 6.61. The first kappa shape index (κ1) is 10.7. The molecule has 4 nitrogen and oxygen atoms in total. The molecule has 3 N–H and O–H groups in total. The van der Waals surface area contributed by atoms with E-state index in [1.165, 1.54) is 0 Å². The van der Waals surface area contributed by atoms with Crippen molar-refractivity contribution in [3.63, 3.8) is 0 Å². The molecule has 0 saturated heterocycles. The quantitative estimate of drug-likeness (QED) is 0.739. The van der Waals surface area contributed by atoms with E-state index in [0.29, 0.717) is 0 Å². The van der Waals surface area contributed by atoms with Crippen molar-refractivity contribution in [2.45, 2.75) is 25.9 Å². The van der Waals surface area contributed by atoms with Crippen LogP contribution in [0.1, 0.15) is 25.5 Å². The molecule has 1 amide bonds. The molecule has 0 bridgehead atoms. The normalized spacial score (nSPS) is 14.5. The summed E-state index contributed by atoms with van der Waals surface area (Å²) in [5.74, 6) is -0.152. The second-order valence-electron chi connectivity index (χ2n) is 3.31. The highest BCUT2D eigenvalue weighted by Crippen LogP contribution is 2.09. The maximum Gasteiger partial charge on any atom is 0.237 e. The van der Waals surface area contributed by atoms with E-state index in [4.69, 9.17) is 5.73 Å². The fourth-order valence-corrected chi connectivity index (χ4v) is 1.06. The molecule has 1 heterocycles. The van der Waals surface area contributed by atoms with Gasteiger partial charge in [-0.2, -0.15) is 0 Å². The van der Waals surface area contributed by atoms with Crippen LogP contribution in [0.3, 0.4) is 0 Å². The highest BCUT2D eigenvalue weighted by molar-refractivity contribution is 5.81. The third kappa shape index (κ3) is 2.81. The summed E-state index contributed by atoms with van der Waals surface area (Å²) < 4.78 is 0. The van der Waals surface area contributed by atoms with Gasteiger partial charge in [0.1, 0.15) is 0 Å². The number of pyridine rings is 1. The summed E-state index contributed by atoms with van der Waals surface area (Å²) in [4.78, 5) is 15.2. The van der Waals surface area contributed by atoms with Gasteiger partial charge >= 0.3 is 0 Å². The lowest BCUT2D eigenvalue weighted by atomic mass is 10.1. The van der Waals surface area contributed by atoms with Crippen LogP contribution in [0.5, 0.6) is 0 Å². The van der Waals surface area contributed by atoms with Gasteiger partial charge < -0.3 is 11.1 Å². The van der Waals surface area contributed by atoms with Crippen molar-refractivity contribution in [1.82, 2.24) is 10.3 Å². The molecule has 0 radical (unpaired) electrons. The topological polar surface area (TPSA) is 68.0 Å². The van der Waals surface area contributed by atoms with Gasteiger partial charge in [-0.3, -0.25) is 9.78 Å². The smallest absolute Gasteiger partial charge is 0.237 e. The van der Waals surface area contributed by atoms with Gasteiger partial charge in [0, 0.05) is 12.4 Å². The molecule has 0 aromatic carbocycles. The number of aromatic nitrogens is 1. The van der Waals surface area contributed by atoms with E-state index in [9.17, 15) is 4.79 Å². The largest absolute Gasteiger partial charge is 0.348 e. The molecule has 0 aliphatic heterocycles. The zero-order valence-corrected chi connectivity index (χ0v) is 8.40. The number of carbonyl (C=O) groups is 1. The van der Waals surface area contributed by atoms with Crippen LogP contribution in [0, 0.1) is 0 Å². The Hall–Kier alpha value is -1.42. The summed E-state index contributed by atoms with van der Waals surface area (Å²) in [5.41, 5.74) is 6.41. The summed E-state index contributed by atoms with van der Waals surface area (Å²) in [6.45, 7) is 3.56. The number of nitrogens with zero attached hydrogens (tertiary/aromatic N) is 1. The number of hydrogen-bond acceptors (Lipinski definition) is 3. The van der Waals surface area contributed by atoms with Crippen LogP contribution in [0.2, 0.25) is 0 Å². The molecule has 1 rings (SSSR count). The number of amides is 1. The lowest BCUT2D eigenvalue weighted by Crippen LogP contribution is -2.39. The number of nitrogens with two attached hydrogens (primary N) is 1. The van der Waals surface area contributed by atoms with Gasteiger partial charge in [0.2, 0.25) is 5.91 Å². The van der Waals surface area contributed by atoms with E-state index in [1.54, 1.807) is 19.3 Å². The summed E-state index contributed by atoms with van der Waals surface area (Å²) in [6, 6.07) is 3.22. The van der Waals surface area contributed by atoms with E-state index < -0.39 is 6.04 Å². The average Bonchev–Trinajstić information content (AvgIpc) is 2.19. The highest BCUT2D eigenvalue weighted by Gasteiger charge is 2.11. The molecule has 1 aromatic rings. The molecule has 4 heteroatoms. The Labute approximate surface area is 83.5 Å². The number of rotatable bonds is 3. The highest BCUT2D eigenvalue weighted by atomic mass is 16.2. The minimum absolute atomic E-state index is 0.0535. The Morgan fingerprint density at radius 2 is 2.29 bits per heavy atom. The van der Waals surface area contributed by atoms with Crippen LogP contribution in [-0.4, -0.2) is 16.9 Å². The van der Waals surface area contributed by atoms with Crippen molar-refractivity contribution in [2.75, 3.05) is 0 Å². The Morgan fingerprint density at radius 3 is 2.79 bits per heavy atom. The molecule has 0 fully saturated rings. The number of carbonyl (C=O) groups excluding carboxylic acids is 1. The summed E-state index contributed by atoms with van der Waals surface area (Å²) in [7, 11) is 0. The van der Waals surface area contributed by atoms with Crippen molar-refractivity contribution in [3.8, 4) is 0 Å². The zero-order chi connectivity index (χ0) is 10.6. The third-order valence-electron chi connectivity index (χ3n) is 1.96. The minimum atomic E-state index is -0.478. The second-order valence-corrected chi connectivity index (χ2v) is 3.31. The predicted molar refractivity (Wildman–Crippen MR) is 54.4 cm³/mol. The predicted octanol–water partition coefficient (Wildman–Crippen LogP) is 0.606. The molecule has 1 aromatic heterocycles. The van der Waals surface area contributed by atoms with Crippen LogP contribution >= 0.6 is 0 Å². The molecule has 0 aliphatic rings. The van der Waals surface area contributed by atoms with E-state index in [1.807, 2.05) is 19.1 Å². The van der Waals surface area contributed by atoms with E-state index in [0.717, 1.165) is 5.56 Å². The maximum atomic E-state index is 11.3.